The number of hydrogen-bond acceptors (Lipinski definition) is 6. The minimum absolute atomic E-state index is 0.0138. The Balaban J connectivity index is 1.55. The topological polar surface area (TPSA) is 162 Å². The highest BCUT2D eigenvalue weighted by Gasteiger charge is 2.33. The molecule has 0 unspecified atom stereocenters. The second kappa shape index (κ2) is 12.8. The van der Waals surface area contributed by atoms with Crippen molar-refractivity contribution in [3.8, 4) is 0 Å². The number of carbonyl (C=O) groups is 3. The third-order valence-electron chi connectivity index (χ3n) is 6.48. The first-order valence-electron chi connectivity index (χ1n) is 12.0. The van der Waals surface area contributed by atoms with Gasteiger partial charge >= 0.3 is 5.97 Å². The van der Waals surface area contributed by atoms with Crippen LogP contribution in [-0.2, 0) is 24.6 Å². The Morgan fingerprint density at radius 3 is 2.46 bits per heavy atom. The maximum absolute atomic E-state index is 12.4. The molecule has 5 N–H and O–H groups in total. The highest BCUT2D eigenvalue weighted by Crippen LogP contribution is 2.31. The Hall–Kier alpha value is -3.32. The van der Waals surface area contributed by atoms with Gasteiger partial charge < -0.3 is 15.7 Å². The van der Waals surface area contributed by atoms with E-state index in [-0.39, 0.29) is 19.1 Å². The summed E-state index contributed by atoms with van der Waals surface area (Å²) in [6, 6.07) is 14.1. The molecule has 0 aromatic heterocycles. The van der Waals surface area contributed by atoms with Crippen LogP contribution >= 0.6 is 0 Å². The van der Waals surface area contributed by atoms with Gasteiger partial charge in [0.2, 0.25) is 11.8 Å². The molecule has 200 valence electrons. The van der Waals surface area contributed by atoms with Crippen molar-refractivity contribution in [3.05, 3.63) is 60.2 Å². The van der Waals surface area contributed by atoms with E-state index in [1.807, 2.05) is 18.2 Å². The number of nitrogens with one attached hydrogen (secondary N) is 2. The van der Waals surface area contributed by atoms with E-state index >= 15 is 0 Å². The van der Waals surface area contributed by atoms with Crippen molar-refractivity contribution in [1.29, 1.82) is 0 Å². The first-order valence-corrected chi connectivity index (χ1v) is 13.5. The van der Waals surface area contributed by atoms with Crippen LogP contribution in [0.3, 0.4) is 0 Å². The van der Waals surface area contributed by atoms with Gasteiger partial charge in [-0.15, -0.1) is 0 Å². The lowest BCUT2D eigenvalue weighted by Gasteiger charge is -2.39. The predicted octanol–water partition coefficient (Wildman–Crippen LogP) is 0.744. The van der Waals surface area contributed by atoms with E-state index in [0.29, 0.717) is 25.9 Å². The van der Waals surface area contributed by atoms with Gasteiger partial charge in [0.1, 0.15) is 0 Å². The van der Waals surface area contributed by atoms with Gasteiger partial charge in [-0.1, -0.05) is 48.5 Å². The van der Waals surface area contributed by atoms with E-state index in [4.69, 9.17) is 10.2 Å². The maximum atomic E-state index is 12.4. The third kappa shape index (κ3) is 8.09. The highest BCUT2D eigenvalue weighted by molar-refractivity contribution is 7.86. The van der Waals surface area contributed by atoms with Gasteiger partial charge in [-0.3, -0.25) is 14.5 Å². The molecule has 0 aliphatic carbocycles. The molecule has 2 amide bonds. The summed E-state index contributed by atoms with van der Waals surface area (Å²) in [6.07, 6.45) is 3.15. The summed E-state index contributed by atoms with van der Waals surface area (Å²) in [4.78, 5) is 36.9. The van der Waals surface area contributed by atoms with E-state index in [9.17, 15) is 22.8 Å². The fourth-order valence-electron chi connectivity index (χ4n) is 4.57. The normalized spacial score (nSPS) is 16.2. The molecule has 0 bridgehead atoms. The Morgan fingerprint density at radius 2 is 1.78 bits per heavy atom. The molecule has 1 saturated heterocycles. The number of nitrogens with zero attached hydrogens (tertiary/aromatic N) is 2. The number of aliphatic carboxylic acids is 1. The molecule has 1 heterocycles. The van der Waals surface area contributed by atoms with Gasteiger partial charge in [0.25, 0.3) is 10.2 Å². The molecule has 3 rings (SSSR count). The van der Waals surface area contributed by atoms with E-state index in [0.717, 1.165) is 10.4 Å². The summed E-state index contributed by atoms with van der Waals surface area (Å²) in [7, 11) is -4.15. The van der Waals surface area contributed by atoms with Crippen LogP contribution in [0.1, 0.15) is 31.4 Å². The van der Waals surface area contributed by atoms with Gasteiger partial charge in [-0.25, -0.2) is 9.93 Å². The average Bonchev–Trinajstić information content (AvgIpc) is 2.87. The fourth-order valence-corrected chi connectivity index (χ4v) is 5.49. The predicted molar refractivity (Wildman–Crippen MR) is 140 cm³/mol. The largest absolute Gasteiger partial charge is 0.478 e. The second-order valence-corrected chi connectivity index (χ2v) is 10.4. The fraction of sp³-hybridized carbons (Fsp3) is 0.400. The molecule has 0 radical (unpaired) electrons. The van der Waals surface area contributed by atoms with Crippen LogP contribution < -0.4 is 15.8 Å². The van der Waals surface area contributed by atoms with E-state index < -0.39 is 40.6 Å². The number of carboxylic acids is 1. The summed E-state index contributed by atoms with van der Waals surface area (Å²) >= 11 is 0. The Morgan fingerprint density at radius 1 is 1.11 bits per heavy atom. The highest BCUT2D eigenvalue weighted by atomic mass is 32.2. The molecule has 11 nitrogen and oxygen atoms in total. The summed E-state index contributed by atoms with van der Waals surface area (Å²) < 4.78 is 25.6. The number of carbonyl (C=O) groups excluding carboxylic acids is 2. The number of likely N-dealkylation sites (tertiary alicyclic amines) is 1. The number of piperidine rings is 1. The lowest BCUT2D eigenvalue weighted by atomic mass is 9.96. The first kappa shape index (κ1) is 28.3. The quantitative estimate of drug-likeness (QED) is 0.311. The molecule has 0 spiro atoms. The van der Waals surface area contributed by atoms with Crippen molar-refractivity contribution in [1.82, 2.24) is 19.8 Å². The Labute approximate surface area is 216 Å². The van der Waals surface area contributed by atoms with Crippen LogP contribution in [0, 0.1) is 0 Å². The van der Waals surface area contributed by atoms with E-state index in [1.54, 1.807) is 0 Å². The third-order valence-corrected chi connectivity index (χ3v) is 7.56. The van der Waals surface area contributed by atoms with Crippen molar-refractivity contribution in [2.24, 2.45) is 5.14 Å². The number of nitrogens with two attached hydrogens (primary N) is 1. The van der Waals surface area contributed by atoms with Crippen LogP contribution in [0.2, 0.25) is 0 Å². The van der Waals surface area contributed by atoms with Crippen LogP contribution in [0.4, 0.5) is 0 Å². The van der Waals surface area contributed by atoms with Gasteiger partial charge in [-0.2, -0.15) is 12.7 Å². The Kier molecular flexibility index (Phi) is 9.75. The number of hydrogen-bond donors (Lipinski definition) is 4. The maximum Gasteiger partial charge on any atom is 0.328 e. The van der Waals surface area contributed by atoms with Crippen LogP contribution in [0.5, 0.6) is 0 Å². The van der Waals surface area contributed by atoms with Crippen LogP contribution in [0.25, 0.3) is 10.8 Å². The number of fused-ring (bicyclic) bond motifs is 1. The molecule has 1 aliphatic heterocycles. The SMILES string of the molecule is C[C@H](c1cccc2ccccc12)N1CCC(N(CC(=O)NCC(=O)NC/C=C/C(=O)O)S(N)(=O)=O)CC1. The molecule has 1 aliphatic rings. The molecular formula is C25H33N5O6S. The average molecular weight is 532 g/mol. The minimum atomic E-state index is -4.15. The van der Waals surface area contributed by atoms with Crippen molar-refractivity contribution in [3.63, 3.8) is 0 Å². The molecule has 2 aromatic carbocycles. The molecule has 12 heteroatoms. The van der Waals surface area contributed by atoms with Crippen LogP contribution in [-0.4, -0.2) is 79.3 Å². The van der Waals surface area contributed by atoms with Gasteiger partial charge in [0.05, 0.1) is 13.1 Å². The second-order valence-electron chi connectivity index (χ2n) is 8.92. The smallest absolute Gasteiger partial charge is 0.328 e. The summed E-state index contributed by atoms with van der Waals surface area (Å²) in [6.45, 7) is 2.52. The van der Waals surface area contributed by atoms with Crippen molar-refractivity contribution in [2.45, 2.75) is 31.8 Å². The molecule has 1 fully saturated rings. The lowest BCUT2D eigenvalue weighted by Crippen LogP contribution is -2.53. The molecular weight excluding hydrogens is 498 g/mol. The number of rotatable bonds is 11. The van der Waals surface area contributed by atoms with Crippen molar-refractivity contribution in [2.75, 3.05) is 32.7 Å². The standard InChI is InChI=1S/C25H33N5O6S/c1-18(21-9-4-7-19-6-2-3-8-22(19)21)29-14-11-20(12-15-29)30(37(26,35)36)17-24(32)28-16-23(31)27-13-5-10-25(33)34/h2-10,18,20H,11-17H2,1H3,(H,27,31)(H,28,32)(H,33,34)(H2,26,35,36)/b10-5+/t18-/m1/s1. The van der Waals surface area contributed by atoms with Crippen LogP contribution in [0.15, 0.2) is 54.6 Å². The lowest BCUT2D eigenvalue weighted by molar-refractivity contribution is -0.131. The zero-order valence-electron chi connectivity index (χ0n) is 20.7. The molecule has 2 aromatic rings. The van der Waals surface area contributed by atoms with Crippen molar-refractivity contribution >= 4 is 38.8 Å². The summed E-state index contributed by atoms with van der Waals surface area (Å²) in [5.74, 6) is -2.34. The number of carboxylic acid groups (broad SMARTS) is 1. The molecule has 37 heavy (non-hydrogen) atoms. The summed E-state index contributed by atoms with van der Waals surface area (Å²) in [5.41, 5.74) is 1.20. The monoisotopic (exact) mass is 531 g/mol. The van der Waals surface area contributed by atoms with E-state index in [2.05, 4.69) is 46.7 Å². The van der Waals surface area contributed by atoms with Gasteiger partial charge in [0, 0.05) is 37.8 Å². The minimum Gasteiger partial charge on any atom is -0.478 e. The van der Waals surface area contributed by atoms with Gasteiger partial charge in [0.15, 0.2) is 0 Å². The summed E-state index contributed by atoms with van der Waals surface area (Å²) in [5, 5.41) is 21.1. The molecule has 1 atom stereocenters. The van der Waals surface area contributed by atoms with Gasteiger partial charge in [-0.05, 0) is 36.1 Å². The first-order chi connectivity index (χ1) is 17.6. The zero-order chi connectivity index (χ0) is 27.0. The number of amides is 2. The zero-order valence-corrected chi connectivity index (χ0v) is 21.5. The molecule has 0 saturated carbocycles. The number of benzene rings is 2. The Bertz CT molecular complexity index is 1250. The van der Waals surface area contributed by atoms with Crippen molar-refractivity contribution < 1.29 is 27.9 Å². The van der Waals surface area contributed by atoms with E-state index in [1.165, 1.54) is 22.4 Å².